The Kier molecular flexibility index (Phi) is 8.04. The quantitative estimate of drug-likeness (QED) is 0.519. The van der Waals surface area contributed by atoms with Crippen LogP contribution in [-0.2, 0) is 10.4 Å². The van der Waals surface area contributed by atoms with Crippen molar-refractivity contribution >= 4 is 29.2 Å². The van der Waals surface area contributed by atoms with Crippen LogP contribution in [0.15, 0.2) is 48.5 Å². The molecule has 6 nitrogen and oxygen atoms in total. The second-order valence-corrected chi connectivity index (χ2v) is 10.4. The summed E-state index contributed by atoms with van der Waals surface area (Å²) >= 11 is 6.11. The van der Waals surface area contributed by atoms with E-state index in [1.165, 1.54) is 24.3 Å². The molecule has 0 spiro atoms. The van der Waals surface area contributed by atoms with E-state index in [0.29, 0.717) is 24.7 Å². The van der Waals surface area contributed by atoms with Gasteiger partial charge < -0.3 is 20.0 Å². The molecule has 2 aliphatic rings. The number of nitrogens with zero attached hydrogens (tertiary/aromatic N) is 2. The van der Waals surface area contributed by atoms with Gasteiger partial charge in [0, 0.05) is 37.4 Å². The summed E-state index contributed by atoms with van der Waals surface area (Å²) in [6, 6.07) is 11.5. The van der Waals surface area contributed by atoms with Gasteiger partial charge in [-0.2, -0.15) is 13.2 Å². The maximum absolute atomic E-state index is 13.9. The number of aromatic carboxylic acids is 1. The molecule has 2 fully saturated rings. The Morgan fingerprint density at radius 1 is 0.919 bits per heavy atom. The molecule has 1 atom stereocenters. The maximum Gasteiger partial charge on any atom is 0.430 e. The van der Waals surface area contributed by atoms with Crippen molar-refractivity contribution in [3.05, 3.63) is 64.7 Å². The first-order valence-electron chi connectivity index (χ1n) is 12.4. The number of carboxylic acid groups (broad SMARTS) is 1. The highest BCUT2D eigenvalue weighted by molar-refractivity contribution is 6.33. The van der Waals surface area contributed by atoms with Gasteiger partial charge in [-0.3, -0.25) is 4.79 Å². The van der Waals surface area contributed by atoms with Gasteiger partial charge in [0.15, 0.2) is 0 Å². The molecule has 2 aliphatic heterocycles. The fraction of sp³-hybridized carbons (Fsp3) is 0.481. The number of likely N-dealkylation sites (tertiary alicyclic amines) is 1. The van der Waals surface area contributed by atoms with E-state index in [1.54, 1.807) is 12.1 Å². The van der Waals surface area contributed by atoms with Crippen LogP contribution in [0.4, 0.5) is 18.9 Å². The zero-order chi connectivity index (χ0) is 26.8. The summed E-state index contributed by atoms with van der Waals surface area (Å²) < 4.78 is 41.6. The first-order chi connectivity index (χ1) is 17.5. The van der Waals surface area contributed by atoms with E-state index in [-0.39, 0.29) is 23.7 Å². The standard InChI is InChI=1S/C27H30ClF3N2O4/c28-23-17-21(6-7-22(23)24(34)35)32-12-8-18(9-13-32)16-19-10-14-33(15-11-19)25(36)26(37,27(29,30)31)20-4-2-1-3-5-20/h1-7,17-19,37H,8-16H2,(H,34,35)/t26-/m1/s1. The largest absolute Gasteiger partial charge is 0.478 e. The minimum absolute atomic E-state index is 0.0718. The SMILES string of the molecule is O=C(O)c1ccc(N2CCC(CC3CCN(C(=O)[C@](O)(c4ccccc4)C(F)(F)F)CC3)CC2)cc1Cl. The molecule has 0 saturated carbocycles. The predicted molar refractivity (Wildman–Crippen MR) is 134 cm³/mol. The average molecular weight is 539 g/mol. The van der Waals surface area contributed by atoms with E-state index >= 15 is 0 Å². The molecule has 0 aliphatic carbocycles. The Balaban J connectivity index is 1.30. The first kappa shape index (κ1) is 27.3. The number of benzene rings is 2. The van der Waals surface area contributed by atoms with Crippen molar-refractivity contribution in [1.82, 2.24) is 4.90 Å². The molecule has 1 amide bonds. The third-order valence-corrected chi connectivity index (χ3v) is 7.96. The molecule has 200 valence electrons. The van der Waals surface area contributed by atoms with E-state index < -0.39 is 29.2 Å². The van der Waals surface area contributed by atoms with Gasteiger partial charge in [0.1, 0.15) is 0 Å². The van der Waals surface area contributed by atoms with Crippen LogP contribution in [0.1, 0.15) is 48.0 Å². The Morgan fingerprint density at radius 3 is 2.00 bits per heavy atom. The highest BCUT2D eigenvalue weighted by Gasteiger charge is 2.62. The third-order valence-electron chi connectivity index (χ3n) is 7.64. The Bertz CT molecular complexity index is 1110. The lowest BCUT2D eigenvalue weighted by atomic mass is 9.82. The lowest BCUT2D eigenvalue weighted by Crippen LogP contribution is -2.57. The number of piperidine rings is 2. The minimum Gasteiger partial charge on any atom is -0.478 e. The normalized spacial score (nSPS) is 19.5. The number of halogens is 4. The summed E-state index contributed by atoms with van der Waals surface area (Å²) in [4.78, 5) is 27.4. The van der Waals surface area contributed by atoms with E-state index in [2.05, 4.69) is 4.90 Å². The third kappa shape index (κ3) is 5.72. The van der Waals surface area contributed by atoms with Gasteiger partial charge in [-0.15, -0.1) is 0 Å². The number of hydrogen-bond donors (Lipinski definition) is 2. The molecule has 2 aromatic carbocycles. The van der Waals surface area contributed by atoms with Crippen LogP contribution in [0.3, 0.4) is 0 Å². The Morgan fingerprint density at radius 2 is 1.49 bits per heavy atom. The minimum atomic E-state index is -5.13. The number of carboxylic acids is 1. The smallest absolute Gasteiger partial charge is 0.430 e. The summed E-state index contributed by atoms with van der Waals surface area (Å²) in [5.74, 6) is -1.61. The highest BCUT2D eigenvalue weighted by atomic mass is 35.5. The van der Waals surface area contributed by atoms with Gasteiger partial charge in [-0.1, -0.05) is 41.9 Å². The molecular formula is C27H30ClF3N2O4. The van der Waals surface area contributed by atoms with Crippen LogP contribution in [0.5, 0.6) is 0 Å². The zero-order valence-electron chi connectivity index (χ0n) is 20.3. The number of hydrogen-bond acceptors (Lipinski definition) is 4. The second kappa shape index (κ2) is 10.9. The summed E-state index contributed by atoms with van der Waals surface area (Å²) in [5, 5.41) is 19.9. The van der Waals surface area contributed by atoms with Gasteiger partial charge >= 0.3 is 12.1 Å². The van der Waals surface area contributed by atoms with Crippen LogP contribution in [0.2, 0.25) is 5.02 Å². The Labute approximate surface area is 218 Å². The number of carbonyl (C=O) groups is 2. The predicted octanol–water partition coefficient (Wildman–Crippen LogP) is 5.33. The van der Waals surface area contributed by atoms with Crippen molar-refractivity contribution in [2.45, 2.75) is 43.9 Å². The topological polar surface area (TPSA) is 81.1 Å². The van der Waals surface area contributed by atoms with E-state index in [4.69, 9.17) is 16.7 Å². The van der Waals surface area contributed by atoms with Gasteiger partial charge in [-0.05, 0) is 62.1 Å². The number of carbonyl (C=O) groups excluding carboxylic acids is 1. The lowest BCUT2D eigenvalue weighted by molar-refractivity contribution is -0.262. The number of alkyl halides is 3. The number of rotatable bonds is 6. The van der Waals surface area contributed by atoms with Crippen molar-refractivity contribution < 1.29 is 33.0 Å². The molecule has 0 unspecified atom stereocenters. The van der Waals surface area contributed by atoms with Crippen molar-refractivity contribution in [2.24, 2.45) is 11.8 Å². The average Bonchev–Trinajstić information content (AvgIpc) is 2.88. The second-order valence-electron chi connectivity index (χ2n) is 9.95. The summed E-state index contributed by atoms with van der Waals surface area (Å²) in [6.07, 6.45) is -1.11. The summed E-state index contributed by atoms with van der Waals surface area (Å²) in [7, 11) is 0. The van der Waals surface area contributed by atoms with E-state index in [9.17, 15) is 27.9 Å². The first-order valence-corrected chi connectivity index (χ1v) is 12.8. The van der Waals surface area contributed by atoms with Crippen LogP contribution in [-0.4, -0.2) is 59.3 Å². The van der Waals surface area contributed by atoms with Gasteiger partial charge in [-0.25, -0.2) is 4.79 Å². The molecule has 0 bridgehead atoms. The molecule has 4 rings (SSSR count). The van der Waals surface area contributed by atoms with Crippen LogP contribution < -0.4 is 4.90 Å². The summed E-state index contributed by atoms with van der Waals surface area (Å²) in [5.41, 5.74) is -3.07. The lowest BCUT2D eigenvalue weighted by Gasteiger charge is -2.40. The number of anilines is 1. The van der Waals surface area contributed by atoms with Crippen molar-refractivity contribution in [3.63, 3.8) is 0 Å². The van der Waals surface area contributed by atoms with Crippen molar-refractivity contribution in [3.8, 4) is 0 Å². The van der Waals surface area contributed by atoms with Gasteiger partial charge in [0.25, 0.3) is 11.5 Å². The van der Waals surface area contributed by atoms with Crippen LogP contribution in [0.25, 0.3) is 0 Å². The Hall–Kier alpha value is -2.78. The highest BCUT2D eigenvalue weighted by Crippen LogP contribution is 2.41. The van der Waals surface area contributed by atoms with Gasteiger partial charge in [0.2, 0.25) is 0 Å². The molecular weight excluding hydrogens is 509 g/mol. The monoisotopic (exact) mass is 538 g/mol. The molecule has 2 N–H and O–H groups in total. The maximum atomic E-state index is 13.9. The molecule has 10 heteroatoms. The molecule has 0 radical (unpaired) electrons. The van der Waals surface area contributed by atoms with Crippen LogP contribution in [0, 0.1) is 11.8 Å². The molecule has 2 saturated heterocycles. The zero-order valence-corrected chi connectivity index (χ0v) is 21.0. The van der Waals surface area contributed by atoms with Crippen molar-refractivity contribution in [2.75, 3.05) is 31.1 Å². The molecule has 2 aromatic rings. The molecule has 2 heterocycles. The number of aliphatic hydroxyl groups is 1. The van der Waals surface area contributed by atoms with Crippen LogP contribution >= 0.6 is 11.6 Å². The van der Waals surface area contributed by atoms with Crippen molar-refractivity contribution in [1.29, 1.82) is 0 Å². The molecule has 0 aromatic heterocycles. The fourth-order valence-electron chi connectivity index (χ4n) is 5.46. The molecule has 37 heavy (non-hydrogen) atoms. The van der Waals surface area contributed by atoms with Gasteiger partial charge in [0.05, 0.1) is 10.6 Å². The van der Waals surface area contributed by atoms with E-state index in [0.717, 1.165) is 55.1 Å². The van der Waals surface area contributed by atoms with E-state index in [1.807, 2.05) is 0 Å². The summed E-state index contributed by atoms with van der Waals surface area (Å²) in [6.45, 7) is 1.98. The number of amides is 1. The fourth-order valence-corrected chi connectivity index (χ4v) is 5.72.